The highest BCUT2D eigenvalue weighted by molar-refractivity contribution is 7.85. The van der Waals surface area contributed by atoms with E-state index in [1.807, 2.05) is 0 Å². The van der Waals surface area contributed by atoms with Crippen molar-refractivity contribution in [2.75, 3.05) is 24.6 Å². The fourth-order valence-corrected chi connectivity index (χ4v) is 2.64. The van der Waals surface area contributed by atoms with Gasteiger partial charge in [0.1, 0.15) is 5.75 Å². The molecule has 9 heteroatoms. The van der Waals surface area contributed by atoms with Gasteiger partial charge in [0, 0.05) is 29.6 Å². The lowest BCUT2D eigenvalue weighted by Crippen LogP contribution is -2.38. The van der Waals surface area contributed by atoms with Crippen molar-refractivity contribution in [3.05, 3.63) is 0 Å². The second kappa shape index (κ2) is 7.46. The molecule has 19 heavy (non-hydrogen) atoms. The Morgan fingerprint density at radius 1 is 1.26 bits per heavy atom. The van der Waals surface area contributed by atoms with Crippen molar-refractivity contribution in [3.8, 4) is 0 Å². The summed E-state index contributed by atoms with van der Waals surface area (Å²) in [5.74, 6) is -7.04. The normalized spacial score (nSPS) is 14.8. The fraction of sp³-hybridized carbons (Fsp3) is 0.800. The molecule has 0 fully saturated rings. The van der Waals surface area contributed by atoms with Crippen molar-refractivity contribution in [1.82, 2.24) is 4.90 Å². The molecule has 5 nitrogen and oxygen atoms in total. The van der Waals surface area contributed by atoms with Crippen LogP contribution in [0, 0.1) is 5.92 Å². The van der Waals surface area contributed by atoms with Crippen molar-refractivity contribution in [3.63, 3.8) is 0 Å². The van der Waals surface area contributed by atoms with Crippen LogP contribution >= 0.6 is 0 Å². The lowest BCUT2D eigenvalue weighted by atomic mass is 10.2. The van der Waals surface area contributed by atoms with Crippen LogP contribution < -0.4 is 0 Å². The van der Waals surface area contributed by atoms with Crippen molar-refractivity contribution in [2.45, 2.75) is 20.0 Å². The predicted molar refractivity (Wildman–Crippen MR) is 63.0 cm³/mol. The van der Waals surface area contributed by atoms with Crippen molar-refractivity contribution >= 4 is 22.7 Å². The zero-order chi connectivity index (χ0) is 15.2. The quantitative estimate of drug-likeness (QED) is 0.757. The Hall–Kier alpha value is -1.12. The van der Waals surface area contributed by atoms with Gasteiger partial charge in [0.2, 0.25) is 5.91 Å². The molecule has 1 N–H and O–H groups in total. The maximum atomic E-state index is 12.3. The third-order valence-electron chi connectivity index (χ3n) is 2.45. The minimum Gasteiger partial charge on any atom is -0.481 e. The third kappa shape index (κ3) is 6.04. The number of carboxylic acid groups (broad SMARTS) is 1. The topological polar surface area (TPSA) is 74.7 Å². The summed E-state index contributed by atoms with van der Waals surface area (Å²) in [6, 6.07) is 0. The van der Waals surface area contributed by atoms with E-state index < -0.39 is 46.3 Å². The van der Waals surface area contributed by atoms with Gasteiger partial charge in [-0.3, -0.25) is 13.8 Å². The highest BCUT2D eigenvalue weighted by Crippen LogP contribution is 2.27. The van der Waals surface area contributed by atoms with Crippen LogP contribution in [0.1, 0.15) is 13.8 Å². The van der Waals surface area contributed by atoms with Gasteiger partial charge in [-0.1, -0.05) is 0 Å². The van der Waals surface area contributed by atoms with E-state index in [2.05, 4.69) is 0 Å². The fourth-order valence-electron chi connectivity index (χ4n) is 1.36. The van der Waals surface area contributed by atoms with Gasteiger partial charge in [-0.2, -0.15) is 13.2 Å². The second-order valence-corrected chi connectivity index (χ2v) is 5.25. The van der Waals surface area contributed by atoms with Crippen LogP contribution in [0.3, 0.4) is 0 Å². The molecule has 2 unspecified atom stereocenters. The van der Waals surface area contributed by atoms with Crippen LogP contribution in [-0.4, -0.2) is 56.9 Å². The van der Waals surface area contributed by atoms with E-state index in [1.165, 1.54) is 4.90 Å². The maximum absolute atomic E-state index is 12.3. The number of hydrogen-bond acceptors (Lipinski definition) is 3. The maximum Gasteiger partial charge on any atom is 0.403 e. The molecule has 1 amide bonds. The first-order valence-corrected chi connectivity index (χ1v) is 7.04. The van der Waals surface area contributed by atoms with Crippen molar-refractivity contribution in [2.24, 2.45) is 5.92 Å². The number of nitrogens with zero attached hydrogens (tertiary/aromatic N) is 1. The molecule has 112 valence electrons. The lowest BCUT2D eigenvalue weighted by Gasteiger charge is -2.19. The zero-order valence-corrected chi connectivity index (χ0v) is 11.4. The molecule has 0 bridgehead atoms. The van der Waals surface area contributed by atoms with E-state index in [4.69, 9.17) is 5.11 Å². The van der Waals surface area contributed by atoms with Crippen molar-refractivity contribution < 1.29 is 32.1 Å². The van der Waals surface area contributed by atoms with Gasteiger partial charge in [0.15, 0.2) is 5.92 Å². The summed E-state index contributed by atoms with van der Waals surface area (Å²) in [6.07, 6.45) is -4.97. The Bertz CT molecular complexity index is 355. The molecule has 0 aromatic carbocycles. The van der Waals surface area contributed by atoms with Gasteiger partial charge in [-0.15, -0.1) is 0 Å². The van der Waals surface area contributed by atoms with Gasteiger partial charge in [-0.05, 0) is 13.8 Å². The number of amides is 1. The molecule has 0 saturated heterocycles. The largest absolute Gasteiger partial charge is 0.481 e. The number of halogens is 3. The summed E-state index contributed by atoms with van der Waals surface area (Å²) in [4.78, 5) is 23.3. The molecule has 0 aromatic heterocycles. The number of alkyl halides is 3. The van der Waals surface area contributed by atoms with E-state index in [0.29, 0.717) is 13.1 Å². The van der Waals surface area contributed by atoms with Crippen LogP contribution in [0.2, 0.25) is 0 Å². The van der Waals surface area contributed by atoms with E-state index in [9.17, 15) is 27.0 Å². The van der Waals surface area contributed by atoms with Gasteiger partial charge in [-0.25, -0.2) is 0 Å². The highest BCUT2D eigenvalue weighted by Gasteiger charge is 2.46. The Balaban J connectivity index is 4.60. The molecule has 0 heterocycles. The molecular weight excluding hydrogens is 287 g/mol. The van der Waals surface area contributed by atoms with Crippen molar-refractivity contribution in [1.29, 1.82) is 0 Å². The highest BCUT2D eigenvalue weighted by atomic mass is 32.2. The van der Waals surface area contributed by atoms with Crippen LogP contribution in [0.25, 0.3) is 0 Å². The smallest absolute Gasteiger partial charge is 0.403 e. The van der Waals surface area contributed by atoms with E-state index in [-0.39, 0.29) is 0 Å². The third-order valence-corrected chi connectivity index (χ3v) is 3.72. The number of aliphatic carboxylic acids is 1. The summed E-state index contributed by atoms with van der Waals surface area (Å²) < 4.78 is 48.5. The van der Waals surface area contributed by atoms with Crippen LogP contribution in [-0.2, 0) is 20.4 Å². The van der Waals surface area contributed by atoms with Gasteiger partial charge in [0.25, 0.3) is 0 Å². The number of carbonyl (C=O) groups is 2. The molecule has 0 saturated carbocycles. The molecule has 0 radical (unpaired) electrons. The number of carbonyl (C=O) groups excluding carboxylic acids is 1. The van der Waals surface area contributed by atoms with Crippen LogP contribution in [0.5, 0.6) is 0 Å². The molecule has 0 rings (SSSR count). The molecule has 0 aromatic rings. The average Bonchev–Trinajstić information content (AvgIpc) is 2.25. The number of hydrogen-bond donors (Lipinski definition) is 1. The Morgan fingerprint density at radius 3 is 2.05 bits per heavy atom. The lowest BCUT2D eigenvalue weighted by molar-refractivity contribution is -0.188. The SMILES string of the molecule is CCN(CC)C(=O)CS(=O)CC(C(=O)O)C(F)(F)F. The second-order valence-electron chi connectivity index (χ2n) is 3.75. The Labute approximate surface area is 111 Å². The van der Waals surface area contributed by atoms with Gasteiger partial charge < -0.3 is 10.0 Å². The molecule has 0 aliphatic heterocycles. The predicted octanol–water partition coefficient (Wildman–Crippen LogP) is 0.867. The molecule has 0 aliphatic rings. The first-order chi connectivity index (χ1) is 8.63. The molecule has 0 spiro atoms. The molecular formula is C10H16F3NO4S. The van der Waals surface area contributed by atoms with Gasteiger partial charge in [0.05, 0.1) is 0 Å². The minimum absolute atomic E-state index is 0.355. The monoisotopic (exact) mass is 303 g/mol. The van der Waals surface area contributed by atoms with Crippen LogP contribution in [0.4, 0.5) is 13.2 Å². The summed E-state index contributed by atoms with van der Waals surface area (Å²) in [5.41, 5.74) is 0. The number of carboxylic acids is 1. The summed E-state index contributed by atoms with van der Waals surface area (Å²) in [7, 11) is -2.16. The number of rotatable bonds is 7. The minimum atomic E-state index is -4.97. The van der Waals surface area contributed by atoms with E-state index in [1.54, 1.807) is 13.8 Å². The molecule has 2 atom stereocenters. The molecule has 0 aliphatic carbocycles. The first kappa shape index (κ1) is 17.9. The summed E-state index contributed by atoms with van der Waals surface area (Å²) >= 11 is 0. The summed E-state index contributed by atoms with van der Waals surface area (Å²) in [6.45, 7) is 4.07. The summed E-state index contributed by atoms with van der Waals surface area (Å²) in [5, 5.41) is 8.44. The average molecular weight is 303 g/mol. The standard InChI is InChI=1S/C10H16F3NO4S/c1-3-14(4-2)8(15)6-19(18)5-7(9(16)17)10(11,12)13/h7H,3-6H2,1-2H3,(H,16,17). The first-order valence-electron chi connectivity index (χ1n) is 5.55. The van der Waals surface area contributed by atoms with E-state index >= 15 is 0 Å². The van der Waals surface area contributed by atoms with E-state index in [0.717, 1.165) is 0 Å². The van der Waals surface area contributed by atoms with Gasteiger partial charge >= 0.3 is 12.1 Å². The zero-order valence-electron chi connectivity index (χ0n) is 10.6. The van der Waals surface area contributed by atoms with Crippen LogP contribution in [0.15, 0.2) is 0 Å². The Morgan fingerprint density at radius 2 is 1.74 bits per heavy atom. The Kier molecular flexibility index (Phi) is 7.02.